The molecule has 0 aliphatic carbocycles. The second-order valence-electron chi connectivity index (χ2n) is 4.52. The standard InChI is InChI=1S/C14H9F4N3/c15-9-2-1-3-11-12(9)21-13(20-11)8-6-7(14(16,17)18)4-5-10(8)19/h1-6H,19H2,(H,20,21). The van der Waals surface area contributed by atoms with Crippen LogP contribution in [0.1, 0.15) is 5.56 Å². The molecule has 2 aromatic carbocycles. The number of benzene rings is 2. The minimum absolute atomic E-state index is 0.0595. The summed E-state index contributed by atoms with van der Waals surface area (Å²) in [5.74, 6) is -0.459. The number of nitrogens with one attached hydrogen (secondary N) is 1. The first-order valence-corrected chi connectivity index (χ1v) is 5.97. The van der Waals surface area contributed by atoms with Crippen molar-refractivity contribution in [1.82, 2.24) is 9.97 Å². The van der Waals surface area contributed by atoms with Crippen molar-refractivity contribution in [3.05, 3.63) is 47.8 Å². The molecule has 0 spiro atoms. The van der Waals surface area contributed by atoms with E-state index in [0.717, 1.165) is 18.2 Å². The van der Waals surface area contributed by atoms with Gasteiger partial charge in [0.1, 0.15) is 11.3 Å². The fourth-order valence-electron chi connectivity index (χ4n) is 2.06. The van der Waals surface area contributed by atoms with Gasteiger partial charge in [0, 0.05) is 11.3 Å². The van der Waals surface area contributed by atoms with Crippen LogP contribution in [0, 0.1) is 5.82 Å². The minimum atomic E-state index is -4.49. The topological polar surface area (TPSA) is 54.7 Å². The van der Waals surface area contributed by atoms with E-state index in [9.17, 15) is 17.6 Å². The van der Waals surface area contributed by atoms with Gasteiger partial charge in [-0.25, -0.2) is 9.37 Å². The predicted octanol–water partition coefficient (Wildman–Crippen LogP) is 3.97. The summed E-state index contributed by atoms with van der Waals surface area (Å²) in [5.41, 5.74) is 5.52. The number of nitrogens with zero attached hydrogens (tertiary/aromatic N) is 1. The first-order chi connectivity index (χ1) is 9.86. The van der Waals surface area contributed by atoms with E-state index < -0.39 is 17.6 Å². The van der Waals surface area contributed by atoms with Crippen LogP contribution in [0.5, 0.6) is 0 Å². The number of hydrogen-bond acceptors (Lipinski definition) is 2. The Labute approximate surface area is 116 Å². The van der Waals surface area contributed by atoms with Crippen molar-refractivity contribution in [3.8, 4) is 11.4 Å². The number of alkyl halides is 3. The number of para-hydroxylation sites is 1. The van der Waals surface area contributed by atoms with Gasteiger partial charge >= 0.3 is 6.18 Å². The summed E-state index contributed by atoms with van der Waals surface area (Å²) < 4.78 is 51.8. The van der Waals surface area contributed by atoms with Gasteiger partial charge in [-0.05, 0) is 30.3 Å². The molecule has 0 saturated carbocycles. The molecule has 7 heteroatoms. The van der Waals surface area contributed by atoms with Gasteiger partial charge in [-0.2, -0.15) is 13.2 Å². The van der Waals surface area contributed by atoms with Crippen molar-refractivity contribution in [2.75, 3.05) is 5.73 Å². The molecule has 0 unspecified atom stereocenters. The highest BCUT2D eigenvalue weighted by atomic mass is 19.4. The van der Waals surface area contributed by atoms with Gasteiger partial charge in [-0.1, -0.05) is 6.07 Å². The lowest BCUT2D eigenvalue weighted by Crippen LogP contribution is -2.06. The third kappa shape index (κ3) is 2.31. The number of rotatable bonds is 1. The maximum absolute atomic E-state index is 13.6. The van der Waals surface area contributed by atoms with E-state index in [2.05, 4.69) is 9.97 Å². The van der Waals surface area contributed by atoms with Gasteiger partial charge in [0.25, 0.3) is 0 Å². The molecule has 1 heterocycles. The van der Waals surface area contributed by atoms with E-state index >= 15 is 0 Å². The SMILES string of the molecule is Nc1ccc(C(F)(F)F)cc1-c1nc2c(F)cccc2[nH]1. The Morgan fingerprint density at radius 3 is 2.52 bits per heavy atom. The van der Waals surface area contributed by atoms with Crippen molar-refractivity contribution in [2.24, 2.45) is 0 Å². The number of aromatic amines is 1. The second kappa shape index (κ2) is 4.47. The summed E-state index contributed by atoms with van der Waals surface area (Å²) in [6.07, 6.45) is -4.49. The summed E-state index contributed by atoms with van der Waals surface area (Å²) in [5, 5.41) is 0. The number of nitrogen functional groups attached to an aromatic ring is 1. The van der Waals surface area contributed by atoms with Crippen molar-refractivity contribution < 1.29 is 17.6 Å². The summed E-state index contributed by atoms with van der Waals surface area (Å²) in [6, 6.07) is 7.23. The molecule has 0 bridgehead atoms. The molecule has 0 saturated heterocycles. The third-order valence-electron chi connectivity index (χ3n) is 3.10. The van der Waals surface area contributed by atoms with Gasteiger partial charge in [0.15, 0.2) is 5.82 Å². The van der Waals surface area contributed by atoms with E-state index in [1.165, 1.54) is 12.1 Å². The van der Waals surface area contributed by atoms with Crippen molar-refractivity contribution >= 4 is 16.7 Å². The summed E-state index contributed by atoms with van der Waals surface area (Å²) in [7, 11) is 0. The highest BCUT2D eigenvalue weighted by molar-refractivity contribution is 5.83. The maximum atomic E-state index is 13.6. The molecule has 0 radical (unpaired) electrons. The number of aromatic nitrogens is 2. The average molecular weight is 295 g/mol. The van der Waals surface area contributed by atoms with Crippen molar-refractivity contribution in [3.63, 3.8) is 0 Å². The van der Waals surface area contributed by atoms with Crippen LogP contribution in [0.3, 0.4) is 0 Å². The molecule has 21 heavy (non-hydrogen) atoms. The number of nitrogens with two attached hydrogens (primary N) is 1. The fourth-order valence-corrected chi connectivity index (χ4v) is 2.06. The molecule has 0 aliphatic rings. The van der Waals surface area contributed by atoms with E-state index in [-0.39, 0.29) is 22.6 Å². The number of imidazole rings is 1. The molecular weight excluding hydrogens is 286 g/mol. The Hall–Kier alpha value is -2.57. The number of H-pyrrole nitrogens is 1. The largest absolute Gasteiger partial charge is 0.416 e. The monoisotopic (exact) mass is 295 g/mol. The molecule has 1 aromatic heterocycles. The summed E-state index contributed by atoms with van der Waals surface area (Å²) >= 11 is 0. The Morgan fingerprint density at radius 1 is 1.10 bits per heavy atom. The molecule has 0 amide bonds. The molecule has 3 nitrogen and oxygen atoms in total. The van der Waals surface area contributed by atoms with Gasteiger partial charge in [0.2, 0.25) is 0 Å². The average Bonchev–Trinajstić information content (AvgIpc) is 2.83. The minimum Gasteiger partial charge on any atom is -0.398 e. The molecule has 3 aromatic rings. The van der Waals surface area contributed by atoms with Crippen LogP contribution < -0.4 is 5.73 Å². The van der Waals surface area contributed by atoms with E-state index in [0.29, 0.717) is 5.52 Å². The Morgan fingerprint density at radius 2 is 1.86 bits per heavy atom. The zero-order valence-electron chi connectivity index (χ0n) is 10.5. The highest BCUT2D eigenvalue weighted by Crippen LogP contribution is 2.34. The molecule has 0 fully saturated rings. The van der Waals surface area contributed by atoms with Crippen LogP contribution in [-0.4, -0.2) is 9.97 Å². The van der Waals surface area contributed by atoms with E-state index in [4.69, 9.17) is 5.73 Å². The Balaban J connectivity index is 2.20. The van der Waals surface area contributed by atoms with Crippen LogP contribution in [-0.2, 0) is 6.18 Å². The van der Waals surface area contributed by atoms with Crippen molar-refractivity contribution in [1.29, 1.82) is 0 Å². The number of fused-ring (bicyclic) bond motifs is 1. The lowest BCUT2D eigenvalue weighted by Gasteiger charge is -2.09. The summed E-state index contributed by atoms with van der Waals surface area (Å²) in [6.45, 7) is 0. The quantitative estimate of drug-likeness (QED) is 0.527. The van der Waals surface area contributed by atoms with Crippen LogP contribution in [0.4, 0.5) is 23.2 Å². The van der Waals surface area contributed by atoms with Crippen LogP contribution in [0.25, 0.3) is 22.4 Å². The Bertz CT molecular complexity index is 821. The molecule has 0 aliphatic heterocycles. The molecule has 0 atom stereocenters. The lowest BCUT2D eigenvalue weighted by atomic mass is 10.1. The number of hydrogen-bond donors (Lipinski definition) is 2. The molecule has 3 rings (SSSR count). The first-order valence-electron chi connectivity index (χ1n) is 5.97. The van der Waals surface area contributed by atoms with Crippen LogP contribution in [0.15, 0.2) is 36.4 Å². The highest BCUT2D eigenvalue weighted by Gasteiger charge is 2.31. The number of anilines is 1. The van der Waals surface area contributed by atoms with E-state index in [1.807, 2.05) is 0 Å². The van der Waals surface area contributed by atoms with Crippen molar-refractivity contribution in [2.45, 2.75) is 6.18 Å². The predicted molar refractivity (Wildman–Crippen MR) is 70.9 cm³/mol. The Kier molecular flexibility index (Phi) is 2.86. The second-order valence-corrected chi connectivity index (χ2v) is 4.52. The smallest absolute Gasteiger partial charge is 0.398 e. The number of halogens is 4. The summed E-state index contributed by atoms with van der Waals surface area (Å²) in [4.78, 5) is 6.76. The van der Waals surface area contributed by atoms with Crippen LogP contribution >= 0.6 is 0 Å². The molecular formula is C14H9F4N3. The zero-order valence-corrected chi connectivity index (χ0v) is 10.5. The van der Waals surface area contributed by atoms with Crippen LogP contribution in [0.2, 0.25) is 0 Å². The van der Waals surface area contributed by atoms with Gasteiger partial charge in [-0.15, -0.1) is 0 Å². The third-order valence-corrected chi connectivity index (χ3v) is 3.10. The normalized spacial score (nSPS) is 12.0. The maximum Gasteiger partial charge on any atom is 0.416 e. The lowest BCUT2D eigenvalue weighted by molar-refractivity contribution is -0.137. The van der Waals surface area contributed by atoms with Gasteiger partial charge in [0.05, 0.1) is 11.1 Å². The zero-order chi connectivity index (χ0) is 15.2. The van der Waals surface area contributed by atoms with Gasteiger partial charge in [-0.3, -0.25) is 0 Å². The van der Waals surface area contributed by atoms with E-state index in [1.54, 1.807) is 6.07 Å². The first kappa shape index (κ1) is 13.4. The van der Waals surface area contributed by atoms with Gasteiger partial charge < -0.3 is 10.7 Å². The fraction of sp³-hybridized carbons (Fsp3) is 0.0714. The molecule has 108 valence electrons. The molecule has 3 N–H and O–H groups in total.